The Morgan fingerprint density at radius 1 is 1.33 bits per heavy atom. The maximum atomic E-state index is 9.51. The summed E-state index contributed by atoms with van der Waals surface area (Å²) < 4.78 is 7.65. The van der Waals surface area contributed by atoms with Gasteiger partial charge in [-0.3, -0.25) is 0 Å². The van der Waals surface area contributed by atoms with Crippen LogP contribution >= 0.6 is 0 Å². The molecule has 0 bridgehead atoms. The van der Waals surface area contributed by atoms with E-state index in [1.54, 1.807) is 12.6 Å². The van der Waals surface area contributed by atoms with Crippen LogP contribution in [0.5, 0.6) is 0 Å². The molecule has 0 spiro atoms. The van der Waals surface area contributed by atoms with Crippen molar-refractivity contribution in [1.29, 1.82) is 0 Å². The summed E-state index contributed by atoms with van der Waals surface area (Å²) in [5.41, 5.74) is 3.28. The first-order chi connectivity index (χ1) is 11.6. The van der Waals surface area contributed by atoms with Crippen molar-refractivity contribution in [2.75, 3.05) is 18.5 Å². The van der Waals surface area contributed by atoms with Gasteiger partial charge in [0.25, 0.3) is 0 Å². The Labute approximate surface area is 140 Å². The molecule has 3 aromatic heterocycles. The number of furan rings is 1. The van der Waals surface area contributed by atoms with Gasteiger partial charge in [0, 0.05) is 17.7 Å². The number of nitrogens with zero attached hydrogens (tertiary/aromatic N) is 3. The van der Waals surface area contributed by atoms with E-state index in [0.717, 1.165) is 47.7 Å². The van der Waals surface area contributed by atoms with E-state index in [-0.39, 0.29) is 12.0 Å². The zero-order chi connectivity index (χ0) is 16.7. The Balaban J connectivity index is 1.71. The van der Waals surface area contributed by atoms with Crippen LogP contribution in [0, 0.1) is 19.3 Å². The predicted molar refractivity (Wildman–Crippen MR) is 92.1 cm³/mol. The average molecular weight is 326 g/mol. The van der Waals surface area contributed by atoms with Crippen LogP contribution in [-0.2, 0) is 6.54 Å². The lowest BCUT2D eigenvalue weighted by atomic mass is 10.1. The number of aliphatic hydroxyl groups excluding tert-OH is 1. The van der Waals surface area contributed by atoms with Crippen LogP contribution in [-0.4, -0.2) is 32.8 Å². The van der Waals surface area contributed by atoms with E-state index in [4.69, 9.17) is 4.42 Å². The van der Waals surface area contributed by atoms with Crippen LogP contribution in [0.15, 0.2) is 29.1 Å². The standard InChI is InChI=1S/C18H22N4O2/c1-12-13(2)22(8-14-4-3-7-24-14)17-15(12)16(20-11-21-17)19-9-18(10-23)5-6-18/h3-4,7,11,23H,5-6,8-10H2,1-2H3,(H,19,20,21). The van der Waals surface area contributed by atoms with E-state index in [9.17, 15) is 5.11 Å². The highest BCUT2D eigenvalue weighted by atomic mass is 16.3. The summed E-state index contributed by atoms with van der Waals surface area (Å²) in [5, 5.41) is 14.0. The molecular formula is C18H22N4O2. The molecule has 0 amide bonds. The second kappa shape index (κ2) is 5.63. The maximum Gasteiger partial charge on any atom is 0.146 e. The van der Waals surface area contributed by atoms with Crippen LogP contribution in [0.2, 0.25) is 0 Å². The van der Waals surface area contributed by atoms with Gasteiger partial charge in [0.1, 0.15) is 23.6 Å². The molecule has 3 heterocycles. The van der Waals surface area contributed by atoms with Gasteiger partial charge in [0.15, 0.2) is 0 Å². The third kappa shape index (κ3) is 2.47. The quantitative estimate of drug-likeness (QED) is 0.728. The zero-order valence-electron chi connectivity index (χ0n) is 14.0. The maximum absolute atomic E-state index is 9.51. The molecule has 126 valence electrons. The number of aryl methyl sites for hydroxylation is 1. The highest BCUT2D eigenvalue weighted by Crippen LogP contribution is 2.45. The van der Waals surface area contributed by atoms with E-state index >= 15 is 0 Å². The summed E-state index contributed by atoms with van der Waals surface area (Å²) in [6.45, 7) is 5.83. The van der Waals surface area contributed by atoms with Crippen molar-refractivity contribution >= 4 is 16.9 Å². The molecule has 0 saturated heterocycles. The molecule has 2 N–H and O–H groups in total. The van der Waals surface area contributed by atoms with Crippen LogP contribution in [0.1, 0.15) is 29.9 Å². The van der Waals surface area contributed by atoms with Crippen molar-refractivity contribution in [3.8, 4) is 0 Å². The molecule has 1 aliphatic rings. The van der Waals surface area contributed by atoms with Crippen LogP contribution in [0.4, 0.5) is 5.82 Å². The minimum absolute atomic E-state index is 0.0386. The monoisotopic (exact) mass is 326 g/mol. The number of hydrogen-bond donors (Lipinski definition) is 2. The highest BCUT2D eigenvalue weighted by molar-refractivity contribution is 5.91. The molecule has 0 unspecified atom stereocenters. The number of fused-ring (bicyclic) bond motifs is 1. The minimum Gasteiger partial charge on any atom is -0.467 e. The Bertz CT molecular complexity index is 863. The molecule has 0 atom stereocenters. The van der Waals surface area contributed by atoms with Crippen molar-refractivity contribution in [2.24, 2.45) is 5.41 Å². The number of hydrogen-bond acceptors (Lipinski definition) is 5. The largest absolute Gasteiger partial charge is 0.467 e. The third-order valence-electron chi connectivity index (χ3n) is 5.22. The van der Waals surface area contributed by atoms with Crippen LogP contribution in [0.25, 0.3) is 11.0 Å². The Morgan fingerprint density at radius 2 is 2.17 bits per heavy atom. The van der Waals surface area contributed by atoms with Crippen LogP contribution < -0.4 is 5.32 Å². The van der Waals surface area contributed by atoms with Crippen molar-refractivity contribution in [2.45, 2.75) is 33.2 Å². The molecule has 1 aliphatic carbocycles. The van der Waals surface area contributed by atoms with Gasteiger partial charge in [-0.1, -0.05) is 0 Å². The van der Waals surface area contributed by atoms with Gasteiger partial charge in [-0.25, -0.2) is 9.97 Å². The SMILES string of the molecule is Cc1c(C)n(Cc2ccco2)c2ncnc(NCC3(CO)CC3)c12. The van der Waals surface area contributed by atoms with E-state index in [0.29, 0.717) is 6.54 Å². The summed E-state index contributed by atoms with van der Waals surface area (Å²) in [7, 11) is 0. The molecule has 0 aromatic carbocycles. The number of rotatable bonds is 6. The van der Waals surface area contributed by atoms with E-state index in [1.807, 2.05) is 12.1 Å². The lowest BCUT2D eigenvalue weighted by molar-refractivity contribution is 0.219. The fourth-order valence-corrected chi connectivity index (χ4v) is 3.19. The average Bonchev–Trinajstić information content (AvgIpc) is 3.13. The summed E-state index contributed by atoms with van der Waals surface area (Å²) in [4.78, 5) is 8.95. The summed E-state index contributed by atoms with van der Waals surface area (Å²) >= 11 is 0. The second-order valence-corrected chi connectivity index (χ2v) is 6.81. The first kappa shape index (κ1) is 15.2. The molecule has 6 heteroatoms. The molecule has 6 nitrogen and oxygen atoms in total. The Morgan fingerprint density at radius 3 is 2.83 bits per heavy atom. The fourth-order valence-electron chi connectivity index (χ4n) is 3.19. The Kier molecular flexibility index (Phi) is 3.57. The summed E-state index contributed by atoms with van der Waals surface area (Å²) in [6, 6.07) is 3.87. The fraction of sp³-hybridized carbons (Fsp3) is 0.444. The predicted octanol–water partition coefficient (Wildman–Crippen LogP) is 2.87. The lowest BCUT2D eigenvalue weighted by Crippen LogP contribution is -2.19. The molecule has 1 fully saturated rings. The molecule has 1 saturated carbocycles. The number of aliphatic hydroxyl groups is 1. The van der Waals surface area contributed by atoms with Gasteiger partial charge in [-0.2, -0.15) is 0 Å². The van der Waals surface area contributed by atoms with Gasteiger partial charge in [0.2, 0.25) is 0 Å². The Hall–Kier alpha value is -2.34. The van der Waals surface area contributed by atoms with Gasteiger partial charge in [-0.05, 0) is 44.4 Å². The number of anilines is 1. The zero-order valence-corrected chi connectivity index (χ0v) is 14.0. The molecule has 0 radical (unpaired) electrons. The van der Waals surface area contributed by atoms with E-state index in [2.05, 4.69) is 33.7 Å². The highest BCUT2D eigenvalue weighted by Gasteiger charge is 2.41. The van der Waals surface area contributed by atoms with Crippen molar-refractivity contribution in [3.63, 3.8) is 0 Å². The van der Waals surface area contributed by atoms with Crippen molar-refractivity contribution in [1.82, 2.24) is 14.5 Å². The number of nitrogens with one attached hydrogen (secondary N) is 1. The normalized spacial score (nSPS) is 15.8. The third-order valence-corrected chi connectivity index (χ3v) is 5.22. The minimum atomic E-state index is 0.0386. The first-order valence-electron chi connectivity index (χ1n) is 8.31. The van der Waals surface area contributed by atoms with Crippen molar-refractivity contribution < 1.29 is 9.52 Å². The molecule has 4 rings (SSSR count). The first-order valence-corrected chi connectivity index (χ1v) is 8.31. The molecule has 0 aliphatic heterocycles. The molecular weight excluding hydrogens is 304 g/mol. The summed E-state index contributed by atoms with van der Waals surface area (Å²) in [6.07, 6.45) is 5.43. The smallest absolute Gasteiger partial charge is 0.146 e. The van der Waals surface area contributed by atoms with Crippen LogP contribution in [0.3, 0.4) is 0 Å². The van der Waals surface area contributed by atoms with E-state index in [1.165, 1.54) is 5.56 Å². The number of aromatic nitrogens is 3. The van der Waals surface area contributed by atoms with Gasteiger partial charge in [-0.15, -0.1) is 0 Å². The topological polar surface area (TPSA) is 76.1 Å². The van der Waals surface area contributed by atoms with Gasteiger partial charge < -0.3 is 19.4 Å². The van der Waals surface area contributed by atoms with Crippen molar-refractivity contribution in [3.05, 3.63) is 41.7 Å². The van der Waals surface area contributed by atoms with E-state index < -0.39 is 0 Å². The molecule has 24 heavy (non-hydrogen) atoms. The second-order valence-electron chi connectivity index (χ2n) is 6.81. The lowest BCUT2D eigenvalue weighted by Gasteiger charge is -2.14. The van der Waals surface area contributed by atoms with Gasteiger partial charge in [0.05, 0.1) is 24.8 Å². The molecule has 3 aromatic rings. The van der Waals surface area contributed by atoms with Gasteiger partial charge >= 0.3 is 0 Å². The summed E-state index contributed by atoms with van der Waals surface area (Å²) in [5.74, 6) is 1.75.